The molecular weight excluding hydrogens is 268 g/mol. The number of aromatic nitrogens is 1. The SMILES string of the molecule is Cc1noc(C)c1C(C)CC(=O)N(C)CC1(O)CCCC1. The second kappa shape index (κ2) is 6.18. The minimum atomic E-state index is -0.684. The average molecular weight is 294 g/mol. The molecule has 1 fully saturated rings. The van der Waals surface area contributed by atoms with Crippen LogP contribution in [0.4, 0.5) is 0 Å². The monoisotopic (exact) mass is 294 g/mol. The first kappa shape index (κ1) is 16.0. The van der Waals surface area contributed by atoms with Gasteiger partial charge in [-0.3, -0.25) is 4.79 Å². The molecule has 1 atom stereocenters. The summed E-state index contributed by atoms with van der Waals surface area (Å²) < 4.78 is 5.17. The van der Waals surface area contributed by atoms with E-state index in [-0.39, 0.29) is 11.8 Å². The van der Waals surface area contributed by atoms with Crippen molar-refractivity contribution in [1.82, 2.24) is 10.1 Å². The van der Waals surface area contributed by atoms with E-state index in [1.54, 1.807) is 11.9 Å². The molecule has 1 aliphatic rings. The van der Waals surface area contributed by atoms with E-state index in [1.165, 1.54) is 0 Å². The zero-order valence-electron chi connectivity index (χ0n) is 13.5. The van der Waals surface area contributed by atoms with Gasteiger partial charge < -0.3 is 14.5 Å². The van der Waals surface area contributed by atoms with Gasteiger partial charge in [-0.2, -0.15) is 0 Å². The number of hydrogen-bond donors (Lipinski definition) is 1. The third-order valence-corrected chi connectivity index (χ3v) is 4.55. The number of likely N-dealkylation sites (N-methyl/N-ethyl adjacent to an activating group) is 1. The van der Waals surface area contributed by atoms with Crippen LogP contribution in [-0.4, -0.2) is 40.3 Å². The van der Waals surface area contributed by atoms with Crippen LogP contribution >= 0.6 is 0 Å². The molecule has 1 N–H and O–H groups in total. The number of aryl methyl sites for hydroxylation is 2. The lowest BCUT2D eigenvalue weighted by atomic mass is 9.95. The van der Waals surface area contributed by atoms with Gasteiger partial charge in [0.1, 0.15) is 5.76 Å². The summed E-state index contributed by atoms with van der Waals surface area (Å²) in [5, 5.41) is 14.3. The fourth-order valence-corrected chi connectivity index (χ4v) is 3.43. The molecule has 0 spiro atoms. The topological polar surface area (TPSA) is 66.6 Å². The number of carbonyl (C=O) groups excluding carboxylic acids is 1. The number of hydrogen-bond acceptors (Lipinski definition) is 4. The van der Waals surface area contributed by atoms with E-state index >= 15 is 0 Å². The molecule has 1 unspecified atom stereocenters. The van der Waals surface area contributed by atoms with Crippen molar-refractivity contribution in [3.05, 3.63) is 17.0 Å². The summed E-state index contributed by atoms with van der Waals surface area (Å²) in [6.07, 6.45) is 4.10. The van der Waals surface area contributed by atoms with Crippen LogP contribution in [-0.2, 0) is 4.79 Å². The van der Waals surface area contributed by atoms with Gasteiger partial charge in [0.25, 0.3) is 0 Å². The second-order valence-corrected chi connectivity index (χ2v) is 6.52. The van der Waals surface area contributed by atoms with Crippen LogP contribution in [0.1, 0.15) is 62.0 Å². The van der Waals surface area contributed by atoms with Gasteiger partial charge in [-0.25, -0.2) is 0 Å². The molecule has 118 valence electrons. The van der Waals surface area contributed by atoms with Crippen molar-refractivity contribution >= 4 is 5.91 Å². The van der Waals surface area contributed by atoms with Crippen molar-refractivity contribution in [2.45, 2.75) is 64.4 Å². The standard InChI is InChI=1S/C16H26N2O3/c1-11(15-12(2)17-21-13(15)3)9-14(19)18(4)10-16(20)7-5-6-8-16/h11,20H,5-10H2,1-4H3. The number of aliphatic hydroxyl groups is 1. The highest BCUT2D eigenvalue weighted by Gasteiger charge is 2.33. The van der Waals surface area contributed by atoms with Crippen LogP contribution in [0, 0.1) is 13.8 Å². The van der Waals surface area contributed by atoms with Crippen molar-refractivity contribution in [3.8, 4) is 0 Å². The lowest BCUT2D eigenvalue weighted by Gasteiger charge is -2.29. The largest absolute Gasteiger partial charge is 0.388 e. The van der Waals surface area contributed by atoms with Crippen LogP contribution in [0.5, 0.6) is 0 Å². The molecule has 1 amide bonds. The van der Waals surface area contributed by atoms with E-state index in [0.29, 0.717) is 13.0 Å². The van der Waals surface area contributed by atoms with Gasteiger partial charge >= 0.3 is 0 Å². The molecular formula is C16H26N2O3. The molecule has 0 bridgehead atoms. The van der Waals surface area contributed by atoms with Gasteiger partial charge in [0.15, 0.2) is 0 Å². The van der Waals surface area contributed by atoms with Crippen molar-refractivity contribution < 1.29 is 14.4 Å². The summed E-state index contributed by atoms with van der Waals surface area (Å²) in [6, 6.07) is 0. The predicted octanol–water partition coefficient (Wildman–Crippen LogP) is 2.55. The molecule has 5 heteroatoms. The Hall–Kier alpha value is -1.36. The van der Waals surface area contributed by atoms with Crippen LogP contribution in [0.3, 0.4) is 0 Å². The first-order chi connectivity index (χ1) is 9.82. The van der Waals surface area contributed by atoms with E-state index in [0.717, 1.165) is 42.7 Å². The minimum absolute atomic E-state index is 0.0582. The third kappa shape index (κ3) is 3.64. The Balaban J connectivity index is 1.94. The van der Waals surface area contributed by atoms with Crippen molar-refractivity contribution in [2.75, 3.05) is 13.6 Å². The Kier molecular flexibility index (Phi) is 4.71. The van der Waals surface area contributed by atoms with E-state index in [2.05, 4.69) is 5.16 Å². The number of amides is 1. The van der Waals surface area contributed by atoms with Crippen LogP contribution in [0.2, 0.25) is 0 Å². The molecule has 1 aromatic rings. The fraction of sp³-hybridized carbons (Fsp3) is 0.750. The van der Waals surface area contributed by atoms with Gasteiger partial charge in [-0.05, 0) is 32.6 Å². The van der Waals surface area contributed by atoms with Crippen LogP contribution in [0.25, 0.3) is 0 Å². The molecule has 1 saturated carbocycles. The summed E-state index contributed by atoms with van der Waals surface area (Å²) >= 11 is 0. The highest BCUT2D eigenvalue weighted by atomic mass is 16.5. The molecule has 0 aromatic carbocycles. The molecule has 21 heavy (non-hydrogen) atoms. The molecule has 1 heterocycles. The van der Waals surface area contributed by atoms with Crippen molar-refractivity contribution in [3.63, 3.8) is 0 Å². The Bertz CT molecular complexity index is 484. The number of carbonyl (C=O) groups is 1. The lowest BCUT2D eigenvalue weighted by molar-refractivity contribution is -0.133. The third-order valence-electron chi connectivity index (χ3n) is 4.55. The van der Waals surface area contributed by atoms with Gasteiger partial charge in [0.05, 0.1) is 11.3 Å². The zero-order valence-corrected chi connectivity index (χ0v) is 13.5. The smallest absolute Gasteiger partial charge is 0.223 e. The normalized spacial score (nSPS) is 18.7. The Morgan fingerprint density at radius 3 is 2.57 bits per heavy atom. The Labute approximate surface area is 126 Å². The number of rotatable bonds is 5. The molecule has 0 saturated heterocycles. The summed E-state index contributed by atoms with van der Waals surface area (Å²) in [6.45, 7) is 6.22. The molecule has 2 rings (SSSR count). The second-order valence-electron chi connectivity index (χ2n) is 6.52. The minimum Gasteiger partial charge on any atom is -0.388 e. The molecule has 1 aromatic heterocycles. The van der Waals surface area contributed by atoms with Crippen LogP contribution < -0.4 is 0 Å². The molecule has 5 nitrogen and oxygen atoms in total. The number of nitrogens with zero attached hydrogens (tertiary/aromatic N) is 2. The van der Waals surface area contributed by atoms with Gasteiger partial charge in [-0.15, -0.1) is 0 Å². The summed E-state index contributed by atoms with van der Waals surface area (Å²) in [4.78, 5) is 14.0. The van der Waals surface area contributed by atoms with Crippen LogP contribution in [0.15, 0.2) is 4.52 Å². The molecule has 0 radical (unpaired) electrons. The molecule has 1 aliphatic carbocycles. The van der Waals surface area contributed by atoms with Gasteiger partial charge in [0.2, 0.25) is 5.91 Å². The quantitative estimate of drug-likeness (QED) is 0.906. The average Bonchev–Trinajstić information content (AvgIpc) is 2.96. The Morgan fingerprint density at radius 2 is 2.05 bits per heavy atom. The predicted molar refractivity (Wildman–Crippen MR) is 80.1 cm³/mol. The highest BCUT2D eigenvalue weighted by molar-refractivity contribution is 5.77. The maximum atomic E-state index is 12.4. The summed E-state index contributed by atoms with van der Waals surface area (Å²) in [5.74, 6) is 0.914. The molecule has 0 aliphatic heterocycles. The van der Waals surface area contributed by atoms with Gasteiger partial charge in [0, 0.05) is 25.6 Å². The maximum Gasteiger partial charge on any atom is 0.223 e. The first-order valence-electron chi connectivity index (χ1n) is 7.71. The first-order valence-corrected chi connectivity index (χ1v) is 7.71. The van der Waals surface area contributed by atoms with E-state index in [9.17, 15) is 9.90 Å². The Morgan fingerprint density at radius 1 is 1.43 bits per heavy atom. The summed E-state index contributed by atoms with van der Waals surface area (Å²) in [5.41, 5.74) is 1.19. The highest BCUT2D eigenvalue weighted by Crippen LogP contribution is 2.31. The van der Waals surface area contributed by atoms with Gasteiger partial charge in [-0.1, -0.05) is 24.9 Å². The van der Waals surface area contributed by atoms with E-state index in [1.807, 2.05) is 20.8 Å². The maximum absolute atomic E-state index is 12.4. The van der Waals surface area contributed by atoms with E-state index < -0.39 is 5.60 Å². The van der Waals surface area contributed by atoms with Crippen molar-refractivity contribution in [1.29, 1.82) is 0 Å². The summed E-state index contributed by atoms with van der Waals surface area (Å²) in [7, 11) is 1.78. The van der Waals surface area contributed by atoms with Crippen molar-refractivity contribution in [2.24, 2.45) is 0 Å². The lowest BCUT2D eigenvalue weighted by Crippen LogP contribution is -2.42. The zero-order chi connectivity index (χ0) is 15.6. The van der Waals surface area contributed by atoms with E-state index in [4.69, 9.17) is 4.52 Å². The fourth-order valence-electron chi connectivity index (χ4n) is 3.43.